The van der Waals surface area contributed by atoms with Crippen LogP contribution in [0.2, 0.25) is 0 Å². The van der Waals surface area contributed by atoms with E-state index in [2.05, 4.69) is 10.1 Å². The zero-order valence-electron chi connectivity index (χ0n) is 5.72. The van der Waals surface area contributed by atoms with Crippen LogP contribution >= 0.6 is 0 Å². The topological polar surface area (TPSA) is 55.4 Å². The molecule has 1 saturated heterocycles. The number of carbonyl (C=O) groups excluding carboxylic acids is 2. The Labute approximate surface area is 58.5 Å². The first-order valence-electron chi connectivity index (χ1n) is 3.11. The number of alkyl carbamates (subject to hydrolysis) is 1. The van der Waals surface area contributed by atoms with Crippen LogP contribution in [-0.2, 0) is 9.53 Å². The second-order valence-corrected chi connectivity index (χ2v) is 2.35. The summed E-state index contributed by atoms with van der Waals surface area (Å²) < 4.78 is 4.56. The fourth-order valence-electron chi connectivity index (χ4n) is 0.883. The van der Waals surface area contributed by atoms with Crippen molar-refractivity contribution in [1.29, 1.82) is 0 Å². The number of ether oxygens (including phenoxy) is 1. The minimum absolute atomic E-state index is 0.0656. The third kappa shape index (κ3) is 1.72. The molecule has 1 aliphatic rings. The summed E-state index contributed by atoms with van der Waals surface area (Å²) in [5.74, 6) is 0.0656. The SMILES string of the molecule is CC(=O)C[C@@H]1COC(=O)N1. The Morgan fingerprint density at radius 1 is 1.90 bits per heavy atom. The third-order valence-corrected chi connectivity index (χ3v) is 1.27. The summed E-state index contributed by atoms with van der Waals surface area (Å²) in [6.07, 6.45) is -0.0580. The monoisotopic (exact) mass is 143 g/mol. The van der Waals surface area contributed by atoms with Gasteiger partial charge in [0, 0.05) is 6.42 Å². The number of cyclic esters (lactones) is 1. The summed E-state index contributed by atoms with van der Waals surface area (Å²) in [5.41, 5.74) is 0. The van der Waals surface area contributed by atoms with Crippen LogP contribution in [0.15, 0.2) is 0 Å². The highest BCUT2D eigenvalue weighted by Gasteiger charge is 2.22. The number of amides is 1. The molecule has 1 amide bonds. The van der Waals surface area contributed by atoms with Crippen LogP contribution in [0.4, 0.5) is 4.79 Å². The largest absolute Gasteiger partial charge is 0.447 e. The summed E-state index contributed by atoms with van der Waals surface area (Å²) >= 11 is 0. The van der Waals surface area contributed by atoms with E-state index in [0.717, 1.165) is 0 Å². The van der Waals surface area contributed by atoms with Crippen LogP contribution in [0.5, 0.6) is 0 Å². The zero-order chi connectivity index (χ0) is 7.56. The summed E-state index contributed by atoms with van der Waals surface area (Å²) in [7, 11) is 0. The highest BCUT2D eigenvalue weighted by molar-refractivity contribution is 5.78. The predicted octanol–water partition coefficient (Wildman–Crippen LogP) is 0.0739. The fourth-order valence-corrected chi connectivity index (χ4v) is 0.883. The molecule has 4 nitrogen and oxygen atoms in total. The molecular weight excluding hydrogens is 134 g/mol. The highest BCUT2D eigenvalue weighted by atomic mass is 16.6. The van der Waals surface area contributed by atoms with Crippen LogP contribution in [-0.4, -0.2) is 24.5 Å². The second-order valence-electron chi connectivity index (χ2n) is 2.35. The van der Waals surface area contributed by atoms with Crippen LogP contribution in [0, 0.1) is 0 Å². The van der Waals surface area contributed by atoms with E-state index in [4.69, 9.17) is 0 Å². The van der Waals surface area contributed by atoms with E-state index in [1.54, 1.807) is 0 Å². The van der Waals surface area contributed by atoms with E-state index < -0.39 is 6.09 Å². The molecule has 1 heterocycles. The Hall–Kier alpha value is -1.06. The number of rotatable bonds is 2. The van der Waals surface area contributed by atoms with Gasteiger partial charge in [0.2, 0.25) is 0 Å². The lowest BCUT2D eigenvalue weighted by molar-refractivity contribution is -0.117. The van der Waals surface area contributed by atoms with E-state index >= 15 is 0 Å². The van der Waals surface area contributed by atoms with Crippen molar-refractivity contribution in [3.05, 3.63) is 0 Å². The molecule has 0 bridgehead atoms. The van der Waals surface area contributed by atoms with Gasteiger partial charge in [-0.15, -0.1) is 0 Å². The average molecular weight is 143 g/mol. The van der Waals surface area contributed by atoms with Gasteiger partial charge in [-0.2, -0.15) is 0 Å². The number of hydrogen-bond donors (Lipinski definition) is 1. The van der Waals surface area contributed by atoms with Crippen molar-refractivity contribution in [3.63, 3.8) is 0 Å². The number of hydrogen-bond acceptors (Lipinski definition) is 3. The van der Waals surface area contributed by atoms with E-state index in [9.17, 15) is 9.59 Å². The fraction of sp³-hybridized carbons (Fsp3) is 0.667. The van der Waals surface area contributed by atoms with Crippen molar-refractivity contribution in [1.82, 2.24) is 5.32 Å². The zero-order valence-corrected chi connectivity index (χ0v) is 5.72. The van der Waals surface area contributed by atoms with E-state index in [1.807, 2.05) is 0 Å². The summed E-state index contributed by atoms with van der Waals surface area (Å²) in [5, 5.41) is 2.50. The first-order chi connectivity index (χ1) is 4.68. The minimum Gasteiger partial charge on any atom is -0.447 e. The van der Waals surface area contributed by atoms with Crippen molar-refractivity contribution in [2.45, 2.75) is 19.4 Å². The van der Waals surface area contributed by atoms with E-state index in [0.29, 0.717) is 13.0 Å². The Morgan fingerprint density at radius 2 is 2.60 bits per heavy atom. The molecule has 10 heavy (non-hydrogen) atoms. The molecule has 1 aliphatic heterocycles. The van der Waals surface area contributed by atoms with Gasteiger partial charge < -0.3 is 10.1 Å². The maximum absolute atomic E-state index is 10.5. The van der Waals surface area contributed by atoms with E-state index in [1.165, 1.54) is 6.92 Å². The van der Waals surface area contributed by atoms with Crippen LogP contribution < -0.4 is 5.32 Å². The molecule has 0 aromatic carbocycles. The highest BCUT2D eigenvalue weighted by Crippen LogP contribution is 2.01. The summed E-state index contributed by atoms with van der Waals surface area (Å²) in [4.78, 5) is 20.9. The quantitative estimate of drug-likeness (QED) is 0.595. The lowest BCUT2D eigenvalue weighted by Gasteiger charge is -2.01. The van der Waals surface area contributed by atoms with Gasteiger partial charge in [-0.1, -0.05) is 0 Å². The molecular formula is C6H9NO3. The Kier molecular flexibility index (Phi) is 1.89. The lowest BCUT2D eigenvalue weighted by Crippen LogP contribution is -2.27. The molecule has 4 heteroatoms. The normalized spacial score (nSPS) is 23.7. The number of nitrogens with one attached hydrogen (secondary N) is 1. The molecule has 0 aromatic rings. The number of carbonyl (C=O) groups is 2. The van der Waals surface area contributed by atoms with Crippen LogP contribution in [0.1, 0.15) is 13.3 Å². The van der Waals surface area contributed by atoms with Crippen molar-refractivity contribution in [2.24, 2.45) is 0 Å². The standard InChI is InChI=1S/C6H9NO3/c1-4(8)2-5-3-10-6(9)7-5/h5H,2-3H2,1H3,(H,7,9)/t5-/m1/s1. The lowest BCUT2D eigenvalue weighted by atomic mass is 10.2. The van der Waals surface area contributed by atoms with Crippen LogP contribution in [0.3, 0.4) is 0 Å². The van der Waals surface area contributed by atoms with Gasteiger partial charge in [0.25, 0.3) is 0 Å². The van der Waals surface area contributed by atoms with Gasteiger partial charge in [0.1, 0.15) is 12.4 Å². The molecule has 1 fully saturated rings. The molecule has 1 atom stereocenters. The van der Waals surface area contributed by atoms with Crippen LogP contribution in [0.25, 0.3) is 0 Å². The first-order valence-corrected chi connectivity index (χ1v) is 3.11. The molecule has 1 rings (SSSR count). The number of ketones is 1. The minimum atomic E-state index is -0.425. The maximum Gasteiger partial charge on any atom is 0.407 e. The predicted molar refractivity (Wildman–Crippen MR) is 33.6 cm³/mol. The molecule has 0 unspecified atom stereocenters. The van der Waals surface area contributed by atoms with E-state index in [-0.39, 0.29) is 11.8 Å². The van der Waals surface area contributed by atoms with Crippen molar-refractivity contribution in [3.8, 4) is 0 Å². The molecule has 0 spiro atoms. The van der Waals surface area contributed by atoms with Gasteiger partial charge in [-0.25, -0.2) is 4.79 Å². The van der Waals surface area contributed by atoms with Gasteiger partial charge in [0.15, 0.2) is 0 Å². The van der Waals surface area contributed by atoms with Gasteiger partial charge in [0.05, 0.1) is 6.04 Å². The molecule has 56 valence electrons. The molecule has 1 N–H and O–H groups in total. The van der Waals surface area contributed by atoms with Crippen molar-refractivity contribution < 1.29 is 14.3 Å². The average Bonchev–Trinajstić information content (AvgIpc) is 2.13. The Balaban J connectivity index is 2.31. The summed E-state index contributed by atoms with van der Waals surface area (Å²) in [6, 6.07) is -0.106. The molecule has 0 aromatic heterocycles. The van der Waals surface area contributed by atoms with Gasteiger partial charge in [-0.3, -0.25) is 4.79 Å². The first kappa shape index (κ1) is 7.05. The van der Waals surface area contributed by atoms with Gasteiger partial charge in [-0.05, 0) is 6.92 Å². The Bertz CT molecular complexity index is 166. The third-order valence-electron chi connectivity index (χ3n) is 1.27. The second kappa shape index (κ2) is 2.68. The van der Waals surface area contributed by atoms with Gasteiger partial charge >= 0.3 is 6.09 Å². The molecule has 0 saturated carbocycles. The maximum atomic E-state index is 10.5. The van der Waals surface area contributed by atoms with Crippen molar-refractivity contribution >= 4 is 11.9 Å². The molecule has 0 aliphatic carbocycles. The number of Topliss-reactive ketones (excluding diaryl/α,β-unsaturated/α-hetero) is 1. The summed E-state index contributed by atoms with van der Waals surface area (Å²) in [6.45, 7) is 1.81. The Morgan fingerprint density at radius 3 is 3.00 bits per heavy atom. The smallest absolute Gasteiger partial charge is 0.407 e. The molecule has 0 radical (unpaired) electrons. The van der Waals surface area contributed by atoms with Crippen molar-refractivity contribution in [2.75, 3.05) is 6.61 Å².